The third-order valence-electron chi connectivity index (χ3n) is 5.48. The van der Waals surface area contributed by atoms with Gasteiger partial charge in [-0.3, -0.25) is 19.8 Å². The SMILES string of the molecule is CCOc1ccc([C@H](CNC(=O)c2cccc(C)c2[N+](=O)[O-])N2CCOCC2)cc1OC. The number of carbonyl (C=O) groups is 1. The van der Waals surface area contributed by atoms with E-state index in [1.54, 1.807) is 26.2 Å². The molecule has 0 radical (unpaired) electrons. The standard InChI is InChI=1S/C23H29N3O6/c1-4-32-20-9-8-17(14-21(20)30-3)19(25-10-12-31-13-11-25)15-24-23(27)18-7-5-6-16(2)22(18)26(28)29/h5-9,14,19H,4,10-13,15H2,1-3H3,(H,24,27)/t19-/m0/s1. The Morgan fingerprint density at radius 1 is 1.25 bits per heavy atom. The zero-order valence-corrected chi connectivity index (χ0v) is 18.6. The van der Waals surface area contributed by atoms with E-state index in [1.165, 1.54) is 6.07 Å². The molecule has 2 aromatic rings. The molecule has 1 amide bonds. The van der Waals surface area contributed by atoms with Crippen molar-refractivity contribution in [1.29, 1.82) is 0 Å². The molecule has 0 aromatic heterocycles. The third kappa shape index (κ3) is 5.35. The first-order valence-corrected chi connectivity index (χ1v) is 10.6. The molecule has 0 aliphatic carbocycles. The van der Waals surface area contributed by atoms with Gasteiger partial charge in [-0.05, 0) is 37.6 Å². The number of nitrogens with one attached hydrogen (secondary N) is 1. The molecule has 1 N–H and O–H groups in total. The summed E-state index contributed by atoms with van der Waals surface area (Å²) in [5.41, 5.74) is 1.28. The molecule has 0 spiro atoms. The number of aryl methyl sites for hydroxylation is 1. The summed E-state index contributed by atoms with van der Waals surface area (Å²) in [6, 6.07) is 10.3. The first-order chi connectivity index (χ1) is 15.5. The Morgan fingerprint density at radius 3 is 2.66 bits per heavy atom. The van der Waals surface area contributed by atoms with Gasteiger partial charge in [-0.1, -0.05) is 18.2 Å². The molecule has 32 heavy (non-hydrogen) atoms. The van der Waals surface area contributed by atoms with Crippen LogP contribution in [0.25, 0.3) is 0 Å². The summed E-state index contributed by atoms with van der Waals surface area (Å²) in [6.07, 6.45) is 0. The number of hydrogen-bond acceptors (Lipinski definition) is 7. The minimum absolute atomic E-state index is 0.0556. The molecule has 1 aliphatic rings. The minimum atomic E-state index is -0.513. The number of nitrogens with zero attached hydrogens (tertiary/aromatic N) is 2. The molecular formula is C23H29N3O6. The van der Waals surface area contributed by atoms with Gasteiger partial charge in [0, 0.05) is 25.2 Å². The number of morpholine rings is 1. The fourth-order valence-electron chi connectivity index (χ4n) is 3.88. The van der Waals surface area contributed by atoms with Gasteiger partial charge in [0.1, 0.15) is 5.56 Å². The number of hydrogen-bond donors (Lipinski definition) is 1. The Hall–Kier alpha value is -3.17. The van der Waals surface area contributed by atoms with Gasteiger partial charge >= 0.3 is 0 Å². The van der Waals surface area contributed by atoms with Crippen molar-refractivity contribution in [3.05, 3.63) is 63.2 Å². The zero-order chi connectivity index (χ0) is 23.1. The van der Waals surface area contributed by atoms with Crippen LogP contribution in [-0.4, -0.2) is 62.3 Å². The zero-order valence-electron chi connectivity index (χ0n) is 18.6. The molecule has 9 heteroatoms. The molecule has 1 saturated heterocycles. The van der Waals surface area contributed by atoms with E-state index in [-0.39, 0.29) is 23.8 Å². The first kappa shape index (κ1) is 23.5. The summed E-state index contributed by atoms with van der Waals surface area (Å²) in [6.45, 7) is 6.95. The lowest BCUT2D eigenvalue weighted by Gasteiger charge is -2.35. The number of amides is 1. The van der Waals surface area contributed by atoms with Gasteiger partial charge in [-0.15, -0.1) is 0 Å². The number of nitro groups is 1. The Labute approximate surface area is 187 Å². The second-order valence-electron chi connectivity index (χ2n) is 7.45. The highest BCUT2D eigenvalue weighted by atomic mass is 16.6. The molecule has 1 atom stereocenters. The van der Waals surface area contributed by atoms with Crippen molar-refractivity contribution in [2.24, 2.45) is 0 Å². The van der Waals surface area contributed by atoms with E-state index in [0.717, 1.165) is 5.56 Å². The minimum Gasteiger partial charge on any atom is -0.493 e. The van der Waals surface area contributed by atoms with Gasteiger partial charge in [0.25, 0.3) is 11.6 Å². The number of nitro benzene ring substituents is 1. The van der Waals surface area contributed by atoms with Crippen molar-refractivity contribution < 1.29 is 23.9 Å². The fraction of sp³-hybridized carbons (Fsp3) is 0.435. The maximum atomic E-state index is 12.9. The third-order valence-corrected chi connectivity index (χ3v) is 5.48. The van der Waals surface area contributed by atoms with Gasteiger partial charge in [0.2, 0.25) is 0 Å². The maximum Gasteiger partial charge on any atom is 0.285 e. The van der Waals surface area contributed by atoms with E-state index < -0.39 is 10.8 Å². The largest absolute Gasteiger partial charge is 0.493 e. The van der Waals surface area contributed by atoms with Crippen LogP contribution < -0.4 is 14.8 Å². The van der Waals surface area contributed by atoms with Crippen LogP contribution in [0, 0.1) is 17.0 Å². The summed E-state index contributed by atoms with van der Waals surface area (Å²) >= 11 is 0. The van der Waals surface area contributed by atoms with Crippen molar-refractivity contribution in [2.75, 3.05) is 46.6 Å². The Balaban J connectivity index is 1.86. The van der Waals surface area contributed by atoms with E-state index in [1.807, 2.05) is 25.1 Å². The molecule has 1 aliphatic heterocycles. The van der Waals surface area contributed by atoms with Crippen LogP contribution >= 0.6 is 0 Å². The topological polar surface area (TPSA) is 103 Å². The molecule has 9 nitrogen and oxygen atoms in total. The van der Waals surface area contributed by atoms with Gasteiger partial charge in [0.05, 0.1) is 37.9 Å². The summed E-state index contributed by atoms with van der Waals surface area (Å²) in [5.74, 6) is 0.790. The summed E-state index contributed by atoms with van der Waals surface area (Å²) < 4.78 is 16.6. The van der Waals surface area contributed by atoms with Gasteiger partial charge in [-0.2, -0.15) is 0 Å². The number of ether oxygens (including phenoxy) is 3. The quantitative estimate of drug-likeness (QED) is 0.469. The average molecular weight is 444 g/mol. The number of carbonyl (C=O) groups excluding carboxylic acids is 1. The molecule has 0 unspecified atom stereocenters. The van der Waals surface area contributed by atoms with Crippen LogP contribution in [0.2, 0.25) is 0 Å². The highest BCUT2D eigenvalue weighted by Crippen LogP contribution is 2.32. The summed E-state index contributed by atoms with van der Waals surface area (Å²) in [4.78, 5) is 26.1. The summed E-state index contributed by atoms with van der Waals surface area (Å²) in [5, 5.41) is 14.4. The molecule has 0 saturated carbocycles. The van der Waals surface area contributed by atoms with E-state index in [9.17, 15) is 14.9 Å². The normalized spacial score (nSPS) is 15.1. The second kappa shape index (κ2) is 10.9. The van der Waals surface area contributed by atoms with Gasteiger partial charge in [-0.25, -0.2) is 0 Å². The fourth-order valence-corrected chi connectivity index (χ4v) is 3.88. The van der Waals surface area contributed by atoms with Crippen LogP contribution in [0.15, 0.2) is 36.4 Å². The average Bonchev–Trinajstić information content (AvgIpc) is 2.80. The number of para-hydroxylation sites is 1. The molecule has 3 rings (SSSR count). The highest BCUT2D eigenvalue weighted by molar-refractivity contribution is 5.98. The predicted molar refractivity (Wildman–Crippen MR) is 119 cm³/mol. The molecule has 172 valence electrons. The highest BCUT2D eigenvalue weighted by Gasteiger charge is 2.27. The summed E-state index contributed by atoms with van der Waals surface area (Å²) in [7, 11) is 1.59. The van der Waals surface area contributed by atoms with Crippen molar-refractivity contribution in [3.8, 4) is 11.5 Å². The number of benzene rings is 2. The molecule has 1 heterocycles. The lowest BCUT2D eigenvalue weighted by atomic mass is 10.0. The van der Waals surface area contributed by atoms with Crippen molar-refractivity contribution >= 4 is 11.6 Å². The first-order valence-electron chi connectivity index (χ1n) is 10.6. The van der Waals surface area contributed by atoms with Crippen molar-refractivity contribution in [1.82, 2.24) is 10.2 Å². The van der Waals surface area contributed by atoms with Gasteiger partial charge < -0.3 is 19.5 Å². The lowest BCUT2D eigenvalue weighted by molar-refractivity contribution is -0.385. The van der Waals surface area contributed by atoms with Crippen LogP contribution in [0.4, 0.5) is 5.69 Å². The monoisotopic (exact) mass is 443 g/mol. The smallest absolute Gasteiger partial charge is 0.285 e. The van der Waals surface area contributed by atoms with Crippen molar-refractivity contribution in [3.63, 3.8) is 0 Å². The number of rotatable bonds is 9. The van der Waals surface area contributed by atoms with Crippen LogP contribution in [-0.2, 0) is 4.74 Å². The van der Waals surface area contributed by atoms with E-state index in [2.05, 4.69) is 10.2 Å². The van der Waals surface area contributed by atoms with Crippen molar-refractivity contribution in [2.45, 2.75) is 19.9 Å². The molecule has 2 aromatic carbocycles. The Bertz CT molecular complexity index is 959. The Kier molecular flexibility index (Phi) is 8.02. The van der Waals surface area contributed by atoms with E-state index >= 15 is 0 Å². The molecule has 1 fully saturated rings. The Morgan fingerprint density at radius 2 is 2.00 bits per heavy atom. The van der Waals surface area contributed by atoms with Gasteiger partial charge in [0.15, 0.2) is 11.5 Å². The second-order valence-corrected chi connectivity index (χ2v) is 7.45. The predicted octanol–water partition coefficient (Wildman–Crippen LogP) is 3.11. The molecular weight excluding hydrogens is 414 g/mol. The maximum absolute atomic E-state index is 12.9. The molecule has 0 bridgehead atoms. The van der Waals surface area contributed by atoms with Crippen LogP contribution in [0.5, 0.6) is 11.5 Å². The van der Waals surface area contributed by atoms with Crippen LogP contribution in [0.3, 0.4) is 0 Å². The van der Waals surface area contributed by atoms with E-state index in [0.29, 0.717) is 50.0 Å². The van der Waals surface area contributed by atoms with E-state index in [4.69, 9.17) is 14.2 Å². The van der Waals surface area contributed by atoms with Crippen LogP contribution in [0.1, 0.15) is 34.5 Å². The lowest BCUT2D eigenvalue weighted by Crippen LogP contribution is -2.43. The number of methoxy groups -OCH3 is 1.